The fourth-order valence-electron chi connectivity index (χ4n) is 5.43. The van der Waals surface area contributed by atoms with E-state index in [-0.39, 0.29) is 38.8 Å². The molecular formula is C43H78NO7P. The zero-order valence-corrected chi connectivity index (χ0v) is 34.2. The molecule has 0 rings (SSSR count). The van der Waals surface area contributed by atoms with Crippen LogP contribution in [-0.2, 0) is 27.9 Å². The van der Waals surface area contributed by atoms with E-state index in [4.69, 9.17) is 24.3 Å². The highest BCUT2D eigenvalue weighted by Crippen LogP contribution is 2.43. The summed E-state index contributed by atoms with van der Waals surface area (Å²) < 4.78 is 33.4. The summed E-state index contributed by atoms with van der Waals surface area (Å²) >= 11 is 0. The van der Waals surface area contributed by atoms with Crippen LogP contribution in [0.5, 0.6) is 0 Å². The highest BCUT2D eigenvalue weighted by Gasteiger charge is 2.25. The monoisotopic (exact) mass is 752 g/mol. The van der Waals surface area contributed by atoms with E-state index >= 15 is 0 Å². The molecule has 9 heteroatoms. The standard InChI is InChI=1S/C43H78NO7P/c1-3-5-7-9-11-13-15-17-19-20-21-22-23-24-26-28-30-32-34-36-43(45)51-42(41-50-52(46,47)49-39-37-44)40-48-38-35-33-31-29-27-25-18-16-14-12-10-8-6-4-2/h5,7,11,13,17,19,21-22,24,26,42H,3-4,6,8-10,12,14-16,18,20,23,25,27-41,44H2,1-2H3,(H,46,47)/b7-5-,13-11-,19-17-,22-21-,26-24-. The summed E-state index contributed by atoms with van der Waals surface area (Å²) in [5.41, 5.74) is 5.36. The van der Waals surface area contributed by atoms with Gasteiger partial charge in [-0.1, -0.05) is 164 Å². The zero-order valence-electron chi connectivity index (χ0n) is 33.3. The van der Waals surface area contributed by atoms with Crippen LogP contribution in [0.2, 0.25) is 0 Å². The molecule has 2 atom stereocenters. The summed E-state index contributed by atoms with van der Waals surface area (Å²) in [6, 6.07) is 0. The van der Waals surface area contributed by atoms with Crippen LogP contribution < -0.4 is 5.73 Å². The molecule has 0 heterocycles. The fourth-order valence-corrected chi connectivity index (χ4v) is 6.20. The van der Waals surface area contributed by atoms with Gasteiger partial charge in [0.25, 0.3) is 0 Å². The molecule has 0 bridgehead atoms. The number of hydrogen-bond donors (Lipinski definition) is 2. The van der Waals surface area contributed by atoms with Crippen LogP contribution >= 0.6 is 7.82 Å². The van der Waals surface area contributed by atoms with Crippen molar-refractivity contribution in [2.24, 2.45) is 5.73 Å². The SMILES string of the molecule is CC/C=C\C/C=C\C/C=C\C/C=C\C/C=C\CCCCCC(=O)OC(COCCCCCCCCCCCCCCCC)COP(=O)(O)OCCN. The molecule has 0 aromatic rings. The van der Waals surface area contributed by atoms with Gasteiger partial charge < -0.3 is 20.1 Å². The number of hydrogen-bond acceptors (Lipinski definition) is 7. The Hall–Kier alpha value is -1.80. The minimum atomic E-state index is -4.28. The topological polar surface area (TPSA) is 117 Å². The van der Waals surface area contributed by atoms with Crippen molar-refractivity contribution in [3.05, 3.63) is 60.8 Å². The predicted octanol–water partition coefficient (Wildman–Crippen LogP) is 12.2. The number of esters is 1. The smallest absolute Gasteiger partial charge is 0.457 e. The molecule has 302 valence electrons. The van der Waals surface area contributed by atoms with Gasteiger partial charge in [-0.05, 0) is 57.8 Å². The van der Waals surface area contributed by atoms with Gasteiger partial charge in [0.05, 0.1) is 19.8 Å². The maximum atomic E-state index is 12.6. The molecule has 0 fully saturated rings. The van der Waals surface area contributed by atoms with Crippen molar-refractivity contribution in [3.8, 4) is 0 Å². The van der Waals surface area contributed by atoms with Crippen LogP contribution in [0, 0.1) is 0 Å². The van der Waals surface area contributed by atoms with Crippen LogP contribution in [0.1, 0.15) is 168 Å². The van der Waals surface area contributed by atoms with E-state index in [9.17, 15) is 14.3 Å². The Morgan fingerprint density at radius 1 is 0.596 bits per heavy atom. The van der Waals surface area contributed by atoms with Crippen molar-refractivity contribution in [1.82, 2.24) is 0 Å². The van der Waals surface area contributed by atoms with Crippen LogP contribution in [0.4, 0.5) is 0 Å². The molecule has 0 aliphatic carbocycles. The minimum absolute atomic E-state index is 0.0930. The first-order valence-corrected chi connectivity index (χ1v) is 22.3. The zero-order chi connectivity index (χ0) is 38.1. The number of phosphoric acid groups is 1. The van der Waals surface area contributed by atoms with Crippen molar-refractivity contribution >= 4 is 13.8 Å². The van der Waals surface area contributed by atoms with Gasteiger partial charge in [-0.15, -0.1) is 0 Å². The quantitative estimate of drug-likeness (QED) is 0.0276. The molecule has 0 amide bonds. The van der Waals surface area contributed by atoms with Crippen LogP contribution in [0.3, 0.4) is 0 Å². The Morgan fingerprint density at radius 2 is 1.08 bits per heavy atom. The first-order chi connectivity index (χ1) is 25.4. The summed E-state index contributed by atoms with van der Waals surface area (Å²) in [6.45, 7) is 4.76. The third-order valence-corrected chi connectivity index (χ3v) is 9.43. The molecule has 0 aliphatic rings. The largest absolute Gasteiger partial charge is 0.472 e. The normalized spacial score (nSPS) is 14.2. The van der Waals surface area contributed by atoms with Gasteiger partial charge in [0.15, 0.2) is 0 Å². The van der Waals surface area contributed by atoms with Gasteiger partial charge in [-0.25, -0.2) is 4.57 Å². The number of carbonyl (C=O) groups is 1. The highest BCUT2D eigenvalue weighted by atomic mass is 31.2. The summed E-state index contributed by atoms with van der Waals surface area (Å²) in [4.78, 5) is 22.4. The van der Waals surface area contributed by atoms with Gasteiger partial charge in [0, 0.05) is 19.6 Å². The van der Waals surface area contributed by atoms with E-state index in [2.05, 4.69) is 74.6 Å². The molecule has 8 nitrogen and oxygen atoms in total. The second kappa shape index (κ2) is 40.4. The number of allylic oxidation sites excluding steroid dienone is 10. The summed E-state index contributed by atoms with van der Waals surface area (Å²) in [7, 11) is -4.28. The second-order valence-electron chi connectivity index (χ2n) is 13.5. The van der Waals surface area contributed by atoms with Gasteiger partial charge in [-0.3, -0.25) is 13.8 Å². The minimum Gasteiger partial charge on any atom is -0.457 e. The lowest BCUT2D eigenvalue weighted by Crippen LogP contribution is -2.28. The van der Waals surface area contributed by atoms with Gasteiger partial charge >= 0.3 is 13.8 Å². The molecule has 0 aromatic carbocycles. The average Bonchev–Trinajstić information content (AvgIpc) is 3.13. The lowest BCUT2D eigenvalue weighted by Gasteiger charge is -2.20. The van der Waals surface area contributed by atoms with Gasteiger partial charge in [-0.2, -0.15) is 0 Å². The van der Waals surface area contributed by atoms with Crippen LogP contribution in [0.25, 0.3) is 0 Å². The number of unbranched alkanes of at least 4 members (excludes halogenated alkanes) is 16. The van der Waals surface area contributed by atoms with E-state index in [0.717, 1.165) is 70.6 Å². The molecule has 0 aliphatic heterocycles. The Kier molecular flexibility index (Phi) is 39.0. The Labute approximate surface area is 319 Å². The summed E-state index contributed by atoms with van der Waals surface area (Å²) in [6.07, 6.45) is 48.0. The Bertz CT molecular complexity index is 979. The molecule has 0 aromatic heterocycles. The van der Waals surface area contributed by atoms with Crippen molar-refractivity contribution < 1.29 is 32.8 Å². The Morgan fingerprint density at radius 3 is 1.60 bits per heavy atom. The molecule has 3 N–H and O–H groups in total. The van der Waals surface area contributed by atoms with Crippen molar-refractivity contribution in [1.29, 1.82) is 0 Å². The van der Waals surface area contributed by atoms with E-state index in [1.165, 1.54) is 77.0 Å². The molecule has 0 spiro atoms. The van der Waals surface area contributed by atoms with E-state index in [1.807, 2.05) is 0 Å². The first kappa shape index (κ1) is 50.2. The fraction of sp³-hybridized carbons (Fsp3) is 0.744. The summed E-state index contributed by atoms with van der Waals surface area (Å²) in [5, 5.41) is 0. The molecule has 52 heavy (non-hydrogen) atoms. The number of rotatable bonds is 39. The number of carbonyl (C=O) groups excluding carboxylic acids is 1. The maximum absolute atomic E-state index is 12.6. The number of phosphoric ester groups is 1. The molecular weight excluding hydrogens is 673 g/mol. The van der Waals surface area contributed by atoms with E-state index < -0.39 is 13.9 Å². The molecule has 0 radical (unpaired) electrons. The highest BCUT2D eigenvalue weighted by molar-refractivity contribution is 7.47. The predicted molar refractivity (Wildman–Crippen MR) is 219 cm³/mol. The van der Waals surface area contributed by atoms with E-state index in [1.54, 1.807) is 0 Å². The van der Waals surface area contributed by atoms with E-state index in [0.29, 0.717) is 6.61 Å². The van der Waals surface area contributed by atoms with Gasteiger partial charge in [0.2, 0.25) is 0 Å². The second-order valence-corrected chi connectivity index (χ2v) is 14.9. The Balaban J connectivity index is 4.13. The van der Waals surface area contributed by atoms with Crippen LogP contribution in [-0.4, -0.2) is 49.9 Å². The number of nitrogens with two attached hydrogens (primary N) is 1. The summed E-state index contributed by atoms with van der Waals surface area (Å²) in [5.74, 6) is -0.362. The molecule has 0 saturated carbocycles. The number of ether oxygens (including phenoxy) is 2. The van der Waals surface area contributed by atoms with Gasteiger partial charge in [0.1, 0.15) is 6.10 Å². The lowest BCUT2D eigenvalue weighted by molar-refractivity contribution is -0.154. The van der Waals surface area contributed by atoms with Crippen molar-refractivity contribution in [2.45, 2.75) is 174 Å². The molecule has 2 unspecified atom stereocenters. The third-order valence-electron chi connectivity index (χ3n) is 8.45. The first-order valence-electron chi connectivity index (χ1n) is 20.8. The lowest BCUT2D eigenvalue weighted by atomic mass is 10.0. The average molecular weight is 752 g/mol. The van der Waals surface area contributed by atoms with Crippen molar-refractivity contribution in [2.75, 3.05) is 33.0 Å². The maximum Gasteiger partial charge on any atom is 0.472 e. The molecule has 0 saturated heterocycles. The van der Waals surface area contributed by atoms with Crippen molar-refractivity contribution in [3.63, 3.8) is 0 Å². The third kappa shape index (κ3) is 39.4. The van der Waals surface area contributed by atoms with Crippen LogP contribution in [0.15, 0.2) is 60.8 Å².